The number of hydrogen-bond acceptors (Lipinski definition) is 19. The van der Waals surface area contributed by atoms with E-state index in [4.69, 9.17) is 33.2 Å². The molecule has 4 fully saturated rings. The van der Waals surface area contributed by atoms with Crippen molar-refractivity contribution >= 4 is 0 Å². The van der Waals surface area contributed by atoms with Gasteiger partial charge in [0.2, 0.25) is 0 Å². The Morgan fingerprint density at radius 3 is 1.83 bits per heavy atom. The molecule has 4 aliphatic heterocycles. The number of hydrogen-bond donors (Lipinski definition) is 12. The molecule has 0 aliphatic carbocycles. The fourth-order valence-electron chi connectivity index (χ4n) is 5.06. The van der Waals surface area contributed by atoms with Crippen molar-refractivity contribution in [3.05, 3.63) is 0 Å². The van der Waals surface area contributed by atoms with Gasteiger partial charge < -0.3 is 94.4 Å². The summed E-state index contributed by atoms with van der Waals surface area (Å²) in [6.45, 7) is -0.494. The van der Waals surface area contributed by atoms with Crippen molar-refractivity contribution in [2.45, 2.75) is 124 Å². The van der Waals surface area contributed by atoms with Crippen molar-refractivity contribution in [1.82, 2.24) is 0 Å². The van der Waals surface area contributed by atoms with Crippen LogP contribution < -0.4 is 0 Å². The molecule has 0 bridgehead atoms. The van der Waals surface area contributed by atoms with Crippen LogP contribution in [0.25, 0.3) is 0 Å². The molecule has 0 radical (unpaired) electrons. The second-order valence-corrected chi connectivity index (χ2v) is 10.7. The minimum Gasteiger partial charge on any atom is -0.394 e. The smallest absolute Gasteiger partial charge is 0.187 e. The van der Waals surface area contributed by atoms with Gasteiger partial charge in [0, 0.05) is 0 Å². The average Bonchev–Trinajstić information content (AvgIpc) is 2.97. The molecule has 4 saturated heterocycles. The summed E-state index contributed by atoms with van der Waals surface area (Å²) in [5, 5.41) is 122. The van der Waals surface area contributed by atoms with Gasteiger partial charge in [0.15, 0.2) is 25.2 Å². The van der Waals surface area contributed by atoms with E-state index in [9.17, 15) is 61.3 Å². The molecule has 0 amide bonds. The van der Waals surface area contributed by atoms with E-state index in [0.29, 0.717) is 0 Å². The average molecular weight is 621 g/mol. The van der Waals surface area contributed by atoms with Crippen LogP contribution in [0.2, 0.25) is 0 Å². The van der Waals surface area contributed by atoms with Gasteiger partial charge in [-0.2, -0.15) is 0 Å². The molecule has 0 aromatic heterocycles. The normalized spacial score (nSPS) is 54.1. The Hall–Kier alpha value is -0.760. The van der Waals surface area contributed by atoms with Gasteiger partial charge >= 0.3 is 0 Å². The lowest BCUT2D eigenvalue weighted by atomic mass is 9.97. The third kappa shape index (κ3) is 6.89. The highest BCUT2D eigenvalue weighted by molar-refractivity contribution is 4.95. The maximum Gasteiger partial charge on any atom is 0.187 e. The van der Waals surface area contributed by atoms with Gasteiger partial charge in [-0.15, -0.1) is 0 Å². The van der Waals surface area contributed by atoms with E-state index in [1.54, 1.807) is 0 Å². The molecule has 19 heteroatoms. The Balaban J connectivity index is 1.51. The van der Waals surface area contributed by atoms with E-state index < -0.39 is 137 Å². The van der Waals surface area contributed by atoms with Crippen molar-refractivity contribution in [1.29, 1.82) is 0 Å². The number of rotatable bonds is 8. The zero-order valence-corrected chi connectivity index (χ0v) is 22.3. The van der Waals surface area contributed by atoms with E-state index in [1.165, 1.54) is 6.92 Å². The van der Waals surface area contributed by atoms with E-state index in [1.807, 2.05) is 0 Å². The fourth-order valence-corrected chi connectivity index (χ4v) is 5.06. The highest BCUT2D eigenvalue weighted by Gasteiger charge is 2.53. The summed E-state index contributed by atoms with van der Waals surface area (Å²) in [4.78, 5) is 0. The van der Waals surface area contributed by atoms with Crippen LogP contribution in [0.4, 0.5) is 0 Å². The van der Waals surface area contributed by atoms with Crippen LogP contribution in [-0.2, 0) is 33.2 Å². The van der Waals surface area contributed by atoms with Gasteiger partial charge in [0.25, 0.3) is 0 Å². The first-order valence-corrected chi connectivity index (χ1v) is 13.4. The van der Waals surface area contributed by atoms with Crippen LogP contribution in [0.15, 0.2) is 0 Å². The fraction of sp³-hybridized carbons (Fsp3) is 1.00. The molecular formula is C23H40O19. The SMILES string of the molecule is C[C@@H]1O[C@@H](O[C@H]2[C@H](O[C@H]3[C@H](OC[C@H]4O[C@@H](O)[C@H](O)[C@@H](O)[C@@H]4O)OC[C@H](O)[C@@H]3O)O[C@H](CO)[C@@H](O)[C@@H]2O)[C@H](O)[C@H](O)[C@H]1O. The maximum absolute atomic E-state index is 10.8. The quantitative estimate of drug-likeness (QED) is 0.120. The molecule has 246 valence electrons. The largest absolute Gasteiger partial charge is 0.394 e. The summed E-state index contributed by atoms with van der Waals surface area (Å²) in [7, 11) is 0. The molecule has 0 saturated carbocycles. The minimum atomic E-state index is -1.87. The topological polar surface area (TPSA) is 307 Å². The number of ether oxygens (including phenoxy) is 7. The third-order valence-electron chi connectivity index (χ3n) is 7.76. The lowest BCUT2D eigenvalue weighted by Gasteiger charge is -2.47. The molecule has 19 atom stereocenters. The van der Waals surface area contributed by atoms with Crippen LogP contribution in [0, 0.1) is 0 Å². The zero-order valence-electron chi connectivity index (χ0n) is 22.3. The van der Waals surface area contributed by atoms with E-state index in [-0.39, 0.29) is 0 Å². The second kappa shape index (κ2) is 14.1. The van der Waals surface area contributed by atoms with E-state index >= 15 is 0 Å². The first-order chi connectivity index (χ1) is 19.8. The lowest BCUT2D eigenvalue weighted by Crippen LogP contribution is -2.66. The highest BCUT2D eigenvalue weighted by Crippen LogP contribution is 2.32. The Morgan fingerprint density at radius 2 is 1.17 bits per heavy atom. The first kappa shape index (κ1) is 34.1. The van der Waals surface area contributed by atoms with Gasteiger partial charge in [0.1, 0.15) is 85.5 Å². The summed E-state index contributed by atoms with van der Waals surface area (Å²) in [5.74, 6) is 0. The standard InChI is InChI=1S/C23H40O19/c1-5-9(26)13(30)17(34)21(38-5)41-19-15(32)11(28)7(2-24)40-23(19)42-18-10(27)6(25)3-36-22(18)37-4-8-12(29)14(31)16(33)20(35)39-8/h5-35H,2-4H2,1H3/t5-,6-,7+,8+,9-,10-,11+,12+,13+,14-,15-,16+,17+,18+,19+,20+,21-,22-,23-/m0/s1. The van der Waals surface area contributed by atoms with Gasteiger partial charge in [-0.1, -0.05) is 0 Å². The van der Waals surface area contributed by atoms with Crippen molar-refractivity contribution in [2.75, 3.05) is 19.8 Å². The van der Waals surface area contributed by atoms with Crippen LogP contribution in [-0.4, -0.2) is 198 Å². The van der Waals surface area contributed by atoms with Crippen molar-refractivity contribution < 1.29 is 94.4 Å². The number of aliphatic hydroxyl groups is 12. The third-order valence-corrected chi connectivity index (χ3v) is 7.76. The Bertz CT molecular complexity index is 855. The van der Waals surface area contributed by atoms with Crippen molar-refractivity contribution in [3.8, 4) is 0 Å². The summed E-state index contributed by atoms with van der Waals surface area (Å²) >= 11 is 0. The van der Waals surface area contributed by atoms with Crippen LogP contribution in [0.3, 0.4) is 0 Å². The van der Waals surface area contributed by atoms with Gasteiger partial charge in [0.05, 0.1) is 25.9 Å². The molecule has 4 aliphatic rings. The summed E-state index contributed by atoms with van der Waals surface area (Å²) < 4.78 is 38.4. The Labute approximate surface area is 238 Å². The lowest BCUT2D eigenvalue weighted by molar-refractivity contribution is -0.389. The molecule has 12 N–H and O–H groups in total. The second-order valence-electron chi connectivity index (χ2n) is 10.7. The highest BCUT2D eigenvalue weighted by atomic mass is 16.8. The molecule has 19 nitrogen and oxygen atoms in total. The summed E-state index contributed by atoms with van der Waals surface area (Å²) in [6, 6.07) is 0. The number of aliphatic hydroxyl groups excluding tert-OH is 12. The molecule has 0 spiro atoms. The zero-order chi connectivity index (χ0) is 31.0. The van der Waals surface area contributed by atoms with Crippen LogP contribution in [0.1, 0.15) is 6.92 Å². The Morgan fingerprint density at radius 1 is 0.571 bits per heavy atom. The predicted octanol–water partition coefficient (Wildman–Crippen LogP) is -8.08. The predicted molar refractivity (Wildman–Crippen MR) is 126 cm³/mol. The molecule has 0 aromatic carbocycles. The monoisotopic (exact) mass is 620 g/mol. The minimum absolute atomic E-state index is 0.462. The molecule has 0 aromatic rings. The molecule has 4 heterocycles. The van der Waals surface area contributed by atoms with E-state index in [2.05, 4.69) is 0 Å². The molecule has 0 unspecified atom stereocenters. The van der Waals surface area contributed by atoms with Crippen LogP contribution in [0.5, 0.6) is 0 Å². The van der Waals surface area contributed by atoms with Crippen LogP contribution >= 0.6 is 0 Å². The van der Waals surface area contributed by atoms with Crippen molar-refractivity contribution in [2.24, 2.45) is 0 Å². The van der Waals surface area contributed by atoms with Crippen molar-refractivity contribution in [3.63, 3.8) is 0 Å². The van der Waals surface area contributed by atoms with Gasteiger partial charge in [-0.05, 0) is 6.92 Å². The van der Waals surface area contributed by atoms with E-state index in [0.717, 1.165) is 0 Å². The first-order valence-electron chi connectivity index (χ1n) is 13.4. The summed E-state index contributed by atoms with van der Waals surface area (Å²) in [6.07, 6.45) is -31.4. The van der Waals surface area contributed by atoms with Gasteiger partial charge in [-0.3, -0.25) is 0 Å². The summed E-state index contributed by atoms with van der Waals surface area (Å²) in [5.41, 5.74) is 0. The molecular weight excluding hydrogens is 580 g/mol. The molecule has 4 rings (SSSR count). The Kier molecular flexibility index (Phi) is 11.5. The molecule has 42 heavy (non-hydrogen) atoms. The van der Waals surface area contributed by atoms with Gasteiger partial charge in [-0.25, -0.2) is 0 Å². The maximum atomic E-state index is 10.8.